The quantitative estimate of drug-likeness (QED) is 0.697. The molecule has 25 heavy (non-hydrogen) atoms. The van der Waals surface area contributed by atoms with Crippen LogP contribution in [0.3, 0.4) is 0 Å². The molecule has 0 spiro atoms. The lowest BCUT2D eigenvalue weighted by molar-refractivity contribution is -0.145. The zero-order valence-electron chi connectivity index (χ0n) is 14.4. The highest BCUT2D eigenvalue weighted by molar-refractivity contribution is 5.97. The van der Waals surface area contributed by atoms with Gasteiger partial charge in [-0.1, -0.05) is 0 Å². The lowest BCUT2D eigenvalue weighted by Crippen LogP contribution is -2.38. The van der Waals surface area contributed by atoms with Crippen molar-refractivity contribution >= 4 is 11.9 Å². The summed E-state index contributed by atoms with van der Waals surface area (Å²) < 4.78 is 52.2. The first kappa shape index (κ1) is 20.6. The van der Waals surface area contributed by atoms with Crippen LogP contribution in [0.4, 0.5) is 13.2 Å². The van der Waals surface area contributed by atoms with Gasteiger partial charge in [0.2, 0.25) is 0 Å². The minimum atomic E-state index is -4.46. The molecule has 0 heterocycles. The Bertz CT molecular complexity index is 606. The second kappa shape index (κ2) is 8.59. The number of rotatable bonds is 7. The molecule has 0 saturated heterocycles. The van der Waals surface area contributed by atoms with Gasteiger partial charge in [0.15, 0.2) is 0 Å². The SMILES string of the molecule is COC(=O)CN(CCC(F)(F)F)C(=O)c1cc(OC)c(C)c(OC)c1. The van der Waals surface area contributed by atoms with E-state index in [9.17, 15) is 22.8 Å². The van der Waals surface area contributed by atoms with Gasteiger partial charge in [0.05, 0.1) is 27.8 Å². The van der Waals surface area contributed by atoms with Crippen LogP contribution >= 0.6 is 0 Å². The standard InChI is InChI=1S/C16H20F3NO5/c1-10-12(23-2)7-11(8-13(10)24-3)15(22)20(9-14(21)25-4)6-5-16(17,18)19/h7-8H,5-6,9H2,1-4H3. The fraction of sp³-hybridized carbons (Fsp3) is 0.500. The summed E-state index contributed by atoms with van der Waals surface area (Å²) in [7, 11) is 3.88. The van der Waals surface area contributed by atoms with Crippen molar-refractivity contribution in [3.8, 4) is 11.5 Å². The van der Waals surface area contributed by atoms with Gasteiger partial charge in [0.25, 0.3) is 5.91 Å². The predicted octanol–water partition coefficient (Wildman–Crippen LogP) is 2.58. The number of benzene rings is 1. The molecule has 6 nitrogen and oxygen atoms in total. The fourth-order valence-corrected chi connectivity index (χ4v) is 2.13. The molecule has 140 valence electrons. The zero-order valence-corrected chi connectivity index (χ0v) is 14.4. The van der Waals surface area contributed by atoms with Gasteiger partial charge in [-0.25, -0.2) is 0 Å². The highest BCUT2D eigenvalue weighted by Crippen LogP contribution is 2.30. The fourth-order valence-electron chi connectivity index (χ4n) is 2.13. The molecular weight excluding hydrogens is 343 g/mol. The molecule has 1 aromatic rings. The van der Waals surface area contributed by atoms with E-state index in [1.165, 1.54) is 26.4 Å². The number of hydrogen-bond acceptors (Lipinski definition) is 5. The molecule has 1 rings (SSSR count). The summed E-state index contributed by atoms with van der Waals surface area (Å²) in [5.74, 6) is -0.888. The van der Waals surface area contributed by atoms with E-state index in [0.29, 0.717) is 17.1 Å². The van der Waals surface area contributed by atoms with Crippen molar-refractivity contribution in [2.24, 2.45) is 0 Å². The minimum Gasteiger partial charge on any atom is -0.496 e. The van der Waals surface area contributed by atoms with Crippen LogP contribution < -0.4 is 9.47 Å². The molecule has 0 bridgehead atoms. The van der Waals surface area contributed by atoms with Gasteiger partial charge in [-0.15, -0.1) is 0 Å². The molecule has 0 fully saturated rings. The van der Waals surface area contributed by atoms with Gasteiger partial charge in [-0.05, 0) is 19.1 Å². The van der Waals surface area contributed by atoms with Crippen molar-refractivity contribution in [1.29, 1.82) is 0 Å². The van der Waals surface area contributed by atoms with Crippen LogP contribution in [0, 0.1) is 6.92 Å². The summed E-state index contributed by atoms with van der Waals surface area (Å²) in [6.07, 6.45) is -5.70. The molecule has 0 atom stereocenters. The number of carbonyl (C=O) groups is 2. The largest absolute Gasteiger partial charge is 0.496 e. The number of amides is 1. The lowest BCUT2D eigenvalue weighted by Gasteiger charge is -2.23. The number of carbonyl (C=O) groups excluding carboxylic acids is 2. The predicted molar refractivity (Wildman–Crippen MR) is 82.9 cm³/mol. The molecule has 0 aliphatic rings. The van der Waals surface area contributed by atoms with Crippen molar-refractivity contribution < 1.29 is 37.0 Å². The average Bonchev–Trinajstić information content (AvgIpc) is 2.57. The highest BCUT2D eigenvalue weighted by atomic mass is 19.4. The number of hydrogen-bond donors (Lipinski definition) is 0. The molecule has 0 unspecified atom stereocenters. The number of methoxy groups -OCH3 is 3. The van der Waals surface area contributed by atoms with Crippen LogP contribution in [-0.2, 0) is 9.53 Å². The van der Waals surface area contributed by atoms with Crippen LogP contribution in [0.2, 0.25) is 0 Å². The Kier molecular flexibility index (Phi) is 7.08. The Morgan fingerprint density at radius 3 is 2.00 bits per heavy atom. The molecule has 0 N–H and O–H groups in total. The van der Waals surface area contributed by atoms with Crippen LogP contribution in [0.15, 0.2) is 12.1 Å². The molecule has 9 heteroatoms. The first-order chi connectivity index (χ1) is 11.6. The number of alkyl halides is 3. The van der Waals surface area contributed by atoms with Gasteiger partial charge in [0, 0.05) is 17.7 Å². The Labute approximate surface area is 143 Å². The van der Waals surface area contributed by atoms with Crippen molar-refractivity contribution in [3.05, 3.63) is 23.3 Å². The molecule has 0 aliphatic heterocycles. The van der Waals surface area contributed by atoms with Crippen molar-refractivity contribution in [1.82, 2.24) is 4.90 Å². The number of halogens is 3. The number of esters is 1. The van der Waals surface area contributed by atoms with Crippen LogP contribution in [-0.4, -0.2) is 57.4 Å². The molecule has 0 aliphatic carbocycles. The van der Waals surface area contributed by atoms with Crippen molar-refractivity contribution in [2.45, 2.75) is 19.5 Å². The summed E-state index contributed by atoms with van der Waals surface area (Å²) in [5, 5.41) is 0. The normalized spacial score (nSPS) is 11.0. The number of nitrogens with zero attached hydrogens (tertiary/aromatic N) is 1. The van der Waals surface area contributed by atoms with Gasteiger partial charge < -0.3 is 19.1 Å². The second-order valence-corrected chi connectivity index (χ2v) is 5.17. The summed E-state index contributed by atoms with van der Waals surface area (Å²) in [4.78, 5) is 24.8. The monoisotopic (exact) mass is 363 g/mol. The van der Waals surface area contributed by atoms with Crippen molar-refractivity contribution in [2.75, 3.05) is 34.4 Å². The lowest BCUT2D eigenvalue weighted by atomic mass is 10.1. The Morgan fingerprint density at radius 1 is 1.08 bits per heavy atom. The summed E-state index contributed by atoms with van der Waals surface area (Å²) in [5.41, 5.74) is 0.682. The van der Waals surface area contributed by atoms with E-state index in [1.54, 1.807) is 6.92 Å². The van der Waals surface area contributed by atoms with Gasteiger partial charge in [-0.3, -0.25) is 9.59 Å². The van der Waals surface area contributed by atoms with Crippen LogP contribution in [0.25, 0.3) is 0 Å². The molecular formula is C16H20F3NO5. The maximum atomic E-state index is 12.6. The third-order valence-corrected chi connectivity index (χ3v) is 3.50. The van der Waals surface area contributed by atoms with Crippen molar-refractivity contribution in [3.63, 3.8) is 0 Å². The van der Waals surface area contributed by atoms with Crippen LogP contribution in [0.1, 0.15) is 22.3 Å². The third kappa shape index (κ3) is 5.84. The first-order valence-electron chi connectivity index (χ1n) is 7.28. The first-order valence-corrected chi connectivity index (χ1v) is 7.28. The van der Waals surface area contributed by atoms with E-state index < -0.39 is 37.6 Å². The number of ether oxygens (including phenoxy) is 3. The van der Waals surface area contributed by atoms with E-state index >= 15 is 0 Å². The zero-order chi connectivity index (χ0) is 19.2. The Balaban J connectivity index is 3.16. The van der Waals surface area contributed by atoms with Gasteiger partial charge in [-0.2, -0.15) is 13.2 Å². The third-order valence-electron chi connectivity index (χ3n) is 3.50. The summed E-state index contributed by atoms with van der Waals surface area (Å²) in [6.45, 7) is 0.446. The van der Waals surface area contributed by atoms with E-state index in [-0.39, 0.29) is 5.56 Å². The van der Waals surface area contributed by atoms with E-state index in [0.717, 1.165) is 12.0 Å². The van der Waals surface area contributed by atoms with Gasteiger partial charge in [0.1, 0.15) is 18.0 Å². The topological polar surface area (TPSA) is 65.1 Å². The van der Waals surface area contributed by atoms with E-state index in [1.807, 2.05) is 0 Å². The molecule has 0 aromatic heterocycles. The average molecular weight is 363 g/mol. The molecule has 1 aromatic carbocycles. The summed E-state index contributed by atoms with van der Waals surface area (Å²) >= 11 is 0. The minimum absolute atomic E-state index is 0.0466. The van der Waals surface area contributed by atoms with Crippen LogP contribution in [0.5, 0.6) is 11.5 Å². The van der Waals surface area contributed by atoms with Gasteiger partial charge >= 0.3 is 12.1 Å². The van der Waals surface area contributed by atoms with E-state index in [4.69, 9.17) is 9.47 Å². The second-order valence-electron chi connectivity index (χ2n) is 5.17. The molecule has 0 saturated carbocycles. The summed E-state index contributed by atoms with van der Waals surface area (Å²) in [6, 6.07) is 2.77. The highest BCUT2D eigenvalue weighted by Gasteiger charge is 2.30. The maximum Gasteiger partial charge on any atom is 0.390 e. The Hall–Kier alpha value is -2.45. The smallest absolute Gasteiger partial charge is 0.390 e. The van der Waals surface area contributed by atoms with E-state index in [2.05, 4.69) is 4.74 Å². The molecule has 0 radical (unpaired) electrons. The molecule has 1 amide bonds. The Morgan fingerprint density at radius 2 is 1.60 bits per heavy atom. The maximum absolute atomic E-state index is 12.6.